The Bertz CT molecular complexity index is 1500. The molecular formula is C30H29Cl3N2OS. The fourth-order valence-corrected chi connectivity index (χ4v) is 6.73. The van der Waals surface area contributed by atoms with Crippen LogP contribution in [0.15, 0.2) is 71.3 Å². The largest absolute Gasteiger partial charge is 0.289 e. The first kappa shape index (κ1) is 26.4. The molecule has 0 amide bonds. The second-order valence-electron chi connectivity index (χ2n) is 11.5. The number of ketones is 1. The lowest BCUT2D eigenvalue weighted by Crippen LogP contribution is -2.28. The second kappa shape index (κ2) is 9.20. The summed E-state index contributed by atoms with van der Waals surface area (Å²) in [6.45, 7) is 13.2. The lowest BCUT2D eigenvalue weighted by Gasteiger charge is -2.32. The maximum absolute atomic E-state index is 13.6. The van der Waals surface area contributed by atoms with E-state index < -0.39 is 0 Å². The number of Topliss-reactive ketones (excluding diaryl/α,β-unsaturated/α-hetero) is 1. The van der Waals surface area contributed by atoms with Gasteiger partial charge in [-0.15, -0.1) is 11.3 Å². The fraction of sp³-hybridized carbons (Fsp3) is 0.300. The van der Waals surface area contributed by atoms with Crippen molar-refractivity contribution in [2.45, 2.75) is 41.5 Å². The lowest BCUT2D eigenvalue weighted by molar-refractivity contribution is -0.114. The summed E-state index contributed by atoms with van der Waals surface area (Å²) < 4.78 is 1.12. The van der Waals surface area contributed by atoms with Gasteiger partial charge in [0.1, 0.15) is 6.67 Å². The van der Waals surface area contributed by atoms with Gasteiger partial charge < -0.3 is 0 Å². The Balaban J connectivity index is 1.77. The molecular weight excluding hydrogens is 543 g/mol. The number of hydrazine groups is 1. The van der Waals surface area contributed by atoms with Crippen molar-refractivity contribution >= 4 is 73.4 Å². The summed E-state index contributed by atoms with van der Waals surface area (Å²) in [6.07, 6.45) is 4.10. The molecule has 0 unspecified atom stereocenters. The quantitative estimate of drug-likeness (QED) is 0.292. The molecule has 192 valence electrons. The van der Waals surface area contributed by atoms with Crippen LogP contribution in [-0.2, 0) is 4.79 Å². The van der Waals surface area contributed by atoms with Crippen molar-refractivity contribution < 1.29 is 4.79 Å². The Morgan fingerprint density at radius 2 is 1.51 bits per heavy atom. The zero-order valence-electron chi connectivity index (χ0n) is 21.7. The number of hydrogen-bond donors (Lipinski definition) is 0. The van der Waals surface area contributed by atoms with Crippen LogP contribution in [0.5, 0.6) is 0 Å². The number of nitrogens with zero attached hydrogens (tertiary/aromatic N) is 2. The van der Waals surface area contributed by atoms with Gasteiger partial charge in [-0.1, -0.05) is 94.5 Å². The summed E-state index contributed by atoms with van der Waals surface area (Å²) in [7, 11) is 0. The average molecular weight is 572 g/mol. The van der Waals surface area contributed by atoms with Gasteiger partial charge in [-0.05, 0) is 47.2 Å². The summed E-state index contributed by atoms with van der Waals surface area (Å²) in [5.41, 5.74) is 3.75. The van der Waals surface area contributed by atoms with Crippen LogP contribution < -0.4 is 5.01 Å². The van der Waals surface area contributed by atoms with Crippen LogP contribution in [0.3, 0.4) is 0 Å². The highest BCUT2D eigenvalue weighted by Gasteiger charge is 2.41. The summed E-state index contributed by atoms with van der Waals surface area (Å²) in [5.74, 6) is 0.105. The van der Waals surface area contributed by atoms with Gasteiger partial charge in [0.05, 0.1) is 26.3 Å². The van der Waals surface area contributed by atoms with E-state index in [-0.39, 0.29) is 16.6 Å². The number of carbonyl (C=O) groups is 1. The second-order valence-corrected chi connectivity index (χ2v) is 13.8. The van der Waals surface area contributed by atoms with Crippen molar-refractivity contribution in [3.63, 3.8) is 0 Å². The molecule has 0 atom stereocenters. The first-order valence-electron chi connectivity index (χ1n) is 12.2. The third-order valence-corrected chi connectivity index (χ3v) is 8.87. The molecule has 2 heterocycles. The van der Waals surface area contributed by atoms with Crippen molar-refractivity contribution in [2.75, 3.05) is 11.7 Å². The number of carbonyl (C=O) groups excluding carboxylic acids is 1. The van der Waals surface area contributed by atoms with Gasteiger partial charge in [-0.25, -0.2) is 0 Å². The van der Waals surface area contributed by atoms with Crippen LogP contribution in [0, 0.1) is 10.8 Å². The maximum atomic E-state index is 13.6. The van der Waals surface area contributed by atoms with Crippen LogP contribution in [0.2, 0.25) is 15.1 Å². The van der Waals surface area contributed by atoms with Crippen molar-refractivity contribution in [1.82, 2.24) is 5.01 Å². The molecule has 5 rings (SSSR count). The van der Waals surface area contributed by atoms with E-state index in [1.807, 2.05) is 42.5 Å². The number of fused-ring (bicyclic) bond motifs is 1. The number of benzene rings is 2. The lowest BCUT2D eigenvalue weighted by atomic mass is 9.71. The number of anilines is 1. The van der Waals surface area contributed by atoms with Gasteiger partial charge in [0, 0.05) is 31.8 Å². The number of thiophene rings is 1. The van der Waals surface area contributed by atoms with Gasteiger partial charge in [-0.3, -0.25) is 14.8 Å². The molecule has 3 nitrogen and oxygen atoms in total. The van der Waals surface area contributed by atoms with Crippen molar-refractivity contribution in [1.29, 1.82) is 0 Å². The third-order valence-electron chi connectivity index (χ3n) is 6.65. The number of allylic oxidation sites excluding steroid dienone is 5. The highest BCUT2D eigenvalue weighted by Crippen LogP contribution is 2.49. The molecule has 0 radical (unpaired) electrons. The summed E-state index contributed by atoms with van der Waals surface area (Å²) >= 11 is 21.5. The van der Waals surface area contributed by atoms with Crippen LogP contribution >= 0.6 is 46.1 Å². The number of hydrogen-bond acceptors (Lipinski definition) is 4. The predicted octanol–water partition coefficient (Wildman–Crippen LogP) is 9.79. The minimum atomic E-state index is -0.319. The SMILES string of the molecule is CC(C)(C)C1=CC(=C(c2sc3ccccc3c2Cl)N2CN2c2ccc(Cl)cc2Cl)C=C(C(C)(C)C)C1=O. The zero-order valence-corrected chi connectivity index (χ0v) is 24.8. The smallest absolute Gasteiger partial charge is 0.186 e. The average Bonchev–Trinajstić information content (AvgIpc) is 3.50. The minimum Gasteiger partial charge on any atom is -0.289 e. The zero-order chi connectivity index (χ0) is 26.9. The standard InChI is InChI=1S/C30H29Cl3N2OS/c1-29(2,3)20-13-17(14-21(27(20)36)30(4,5)6)26(28-25(33)19-9-7-8-10-24(19)37-28)35-16-34(35)23-12-11-18(31)15-22(23)32/h7-15H,16H2,1-6H3. The van der Waals surface area contributed by atoms with E-state index in [9.17, 15) is 4.79 Å². The van der Waals surface area contributed by atoms with E-state index in [0.29, 0.717) is 21.7 Å². The maximum Gasteiger partial charge on any atom is 0.186 e. The van der Waals surface area contributed by atoms with Crippen molar-refractivity contribution in [2.24, 2.45) is 10.8 Å². The van der Waals surface area contributed by atoms with Gasteiger partial charge in [0.15, 0.2) is 5.78 Å². The Hall–Kier alpha value is -2.24. The van der Waals surface area contributed by atoms with Gasteiger partial charge in [0.25, 0.3) is 0 Å². The van der Waals surface area contributed by atoms with Gasteiger partial charge in [0.2, 0.25) is 0 Å². The molecule has 0 spiro atoms. The van der Waals surface area contributed by atoms with Crippen LogP contribution in [0.4, 0.5) is 5.69 Å². The van der Waals surface area contributed by atoms with Crippen LogP contribution in [-0.4, -0.2) is 17.5 Å². The Kier molecular flexibility index (Phi) is 6.56. The molecule has 1 aliphatic heterocycles. The summed E-state index contributed by atoms with van der Waals surface area (Å²) in [6, 6.07) is 13.7. The fourth-order valence-electron chi connectivity index (χ4n) is 4.63. The van der Waals surface area contributed by atoms with Gasteiger partial charge >= 0.3 is 0 Å². The van der Waals surface area contributed by atoms with E-state index in [1.165, 1.54) is 0 Å². The van der Waals surface area contributed by atoms with Crippen molar-refractivity contribution in [3.8, 4) is 0 Å². The normalized spacial score (nSPS) is 16.4. The molecule has 1 aromatic heterocycles. The first-order valence-corrected chi connectivity index (χ1v) is 14.1. The molecule has 0 N–H and O–H groups in total. The monoisotopic (exact) mass is 570 g/mol. The number of rotatable bonds is 3. The topological polar surface area (TPSA) is 23.1 Å². The molecule has 3 aromatic rings. The first-order chi connectivity index (χ1) is 17.3. The molecule has 7 heteroatoms. The Morgan fingerprint density at radius 1 is 0.892 bits per heavy atom. The summed E-state index contributed by atoms with van der Waals surface area (Å²) in [4.78, 5) is 14.6. The molecule has 37 heavy (non-hydrogen) atoms. The highest BCUT2D eigenvalue weighted by molar-refractivity contribution is 7.20. The molecule has 1 fully saturated rings. The molecule has 1 aliphatic carbocycles. The van der Waals surface area contributed by atoms with E-state index in [2.05, 4.69) is 57.6 Å². The van der Waals surface area contributed by atoms with E-state index in [4.69, 9.17) is 34.8 Å². The highest BCUT2D eigenvalue weighted by atomic mass is 35.5. The molecule has 0 saturated carbocycles. The van der Waals surface area contributed by atoms with Crippen LogP contribution in [0.1, 0.15) is 46.4 Å². The Morgan fingerprint density at radius 3 is 2.08 bits per heavy atom. The van der Waals surface area contributed by atoms with E-state index in [0.717, 1.165) is 43.1 Å². The van der Waals surface area contributed by atoms with E-state index >= 15 is 0 Å². The Labute approximate surface area is 237 Å². The molecule has 2 aromatic carbocycles. The molecule has 1 saturated heterocycles. The molecule has 2 aliphatic rings. The predicted molar refractivity (Wildman–Crippen MR) is 159 cm³/mol. The third kappa shape index (κ3) is 4.85. The van der Waals surface area contributed by atoms with Gasteiger partial charge in [-0.2, -0.15) is 0 Å². The van der Waals surface area contributed by atoms with E-state index in [1.54, 1.807) is 17.4 Å². The summed E-state index contributed by atoms with van der Waals surface area (Å²) in [5, 5.41) is 7.18. The minimum absolute atomic E-state index is 0.105. The van der Waals surface area contributed by atoms with Crippen LogP contribution in [0.25, 0.3) is 15.8 Å². The van der Waals surface area contributed by atoms with Crippen molar-refractivity contribution in [3.05, 3.63) is 91.3 Å². The molecule has 0 bridgehead atoms. The number of halogens is 3.